The van der Waals surface area contributed by atoms with Gasteiger partial charge in [0.05, 0.1) is 35.4 Å². The van der Waals surface area contributed by atoms with E-state index in [0.29, 0.717) is 12.2 Å². The SMILES string of the molecule is Cc1nc2ccc(-c3cnc(CC#N)[nH]3)cc2[nH]1. The molecule has 0 unspecified atom stereocenters. The van der Waals surface area contributed by atoms with Crippen LogP contribution in [0.2, 0.25) is 0 Å². The van der Waals surface area contributed by atoms with Crippen LogP contribution in [0.1, 0.15) is 11.6 Å². The molecule has 88 valence electrons. The molecule has 5 heteroatoms. The molecule has 0 atom stereocenters. The van der Waals surface area contributed by atoms with Crippen LogP contribution in [0.25, 0.3) is 22.3 Å². The number of aryl methyl sites for hydroxylation is 1. The number of benzene rings is 1. The van der Waals surface area contributed by atoms with Crippen LogP contribution in [-0.2, 0) is 6.42 Å². The van der Waals surface area contributed by atoms with Crippen LogP contribution < -0.4 is 0 Å². The van der Waals surface area contributed by atoms with Crippen LogP contribution in [-0.4, -0.2) is 19.9 Å². The summed E-state index contributed by atoms with van der Waals surface area (Å²) >= 11 is 0. The van der Waals surface area contributed by atoms with Crippen LogP contribution in [0, 0.1) is 18.3 Å². The quantitative estimate of drug-likeness (QED) is 0.717. The van der Waals surface area contributed by atoms with Gasteiger partial charge in [-0.05, 0) is 19.1 Å². The lowest BCUT2D eigenvalue weighted by molar-refractivity contribution is 1.06. The number of rotatable bonds is 2. The number of imidazole rings is 2. The number of nitrogens with one attached hydrogen (secondary N) is 2. The van der Waals surface area contributed by atoms with Gasteiger partial charge < -0.3 is 9.97 Å². The van der Waals surface area contributed by atoms with Crippen molar-refractivity contribution in [1.29, 1.82) is 5.26 Å². The smallest absolute Gasteiger partial charge is 0.120 e. The first-order valence-corrected chi connectivity index (χ1v) is 5.64. The molecular formula is C13H11N5. The van der Waals surface area contributed by atoms with Gasteiger partial charge in [-0.25, -0.2) is 9.97 Å². The molecule has 18 heavy (non-hydrogen) atoms. The summed E-state index contributed by atoms with van der Waals surface area (Å²) in [5, 5.41) is 8.62. The molecule has 0 saturated carbocycles. The maximum Gasteiger partial charge on any atom is 0.120 e. The van der Waals surface area contributed by atoms with Crippen molar-refractivity contribution >= 4 is 11.0 Å². The highest BCUT2D eigenvalue weighted by Crippen LogP contribution is 2.21. The molecule has 0 spiro atoms. The number of aromatic nitrogens is 4. The third-order valence-corrected chi connectivity index (χ3v) is 2.79. The summed E-state index contributed by atoms with van der Waals surface area (Å²) in [6.07, 6.45) is 2.04. The van der Waals surface area contributed by atoms with Crippen LogP contribution in [0.3, 0.4) is 0 Å². The van der Waals surface area contributed by atoms with Crippen molar-refractivity contribution in [2.75, 3.05) is 0 Å². The van der Waals surface area contributed by atoms with Gasteiger partial charge in [-0.3, -0.25) is 0 Å². The van der Waals surface area contributed by atoms with Crippen molar-refractivity contribution in [3.05, 3.63) is 36.0 Å². The van der Waals surface area contributed by atoms with E-state index in [1.165, 1.54) is 0 Å². The number of fused-ring (bicyclic) bond motifs is 1. The normalized spacial score (nSPS) is 10.7. The second-order valence-electron chi connectivity index (χ2n) is 4.13. The fourth-order valence-corrected chi connectivity index (χ4v) is 1.98. The Morgan fingerprint density at radius 1 is 1.33 bits per heavy atom. The van der Waals surface area contributed by atoms with Crippen molar-refractivity contribution in [3.63, 3.8) is 0 Å². The van der Waals surface area contributed by atoms with Crippen molar-refractivity contribution in [1.82, 2.24) is 19.9 Å². The fraction of sp³-hybridized carbons (Fsp3) is 0.154. The molecule has 2 aromatic heterocycles. The molecular weight excluding hydrogens is 226 g/mol. The Hall–Kier alpha value is -2.61. The average Bonchev–Trinajstić information content (AvgIpc) is 2.93. The number of H-pyrrole nitrogens is 2. The monoisotopic (exact) mass is 237 g/mol. The maximum atomic E-state index is 8.62. The summed E-state index contributed by atoms with van der Waals surface area (Å²) in [5.41, 5.74) is 3.90. The largest absolute Gasteiger partial charge is 0.342 e. The molecule has 0 aliphatic carbocycles. The van der Waals surface area contributed by atoms with Gasteiger partial charge in [0.1, 0.15) is 11.6 Å². The fourth-order valence-electron chi connectivity index (χ4n) is 1.98. The molecule has 0 amide bonds. The molecule has 0 saturated heterocycles. The highest BCUT2D eigenvalue weighted by Gasteiger charge is 2.05. The molecule has 0 aliphatic rings. The third-order valence-electron chi connectivity index (χ3n) is 2.79. The van der Waals surface area contributed by atoms with Gasteiger partial charge in [-0.2, -0.15) is 5.26 Å². The van der Waals surface area contributed by atoms with Gasteiger partial charge >= 0.3 is 0 Å². The minimum atomic E-state index is 0.297. The average molecular weight is 237 g/mol. The first-order chi connectivity index (χ1) is 8.76. The number of nitrogens with zero attached hydrogens (tertiary/aromatic N) is 3. The molecule has 0 fully saturated rings. The zero-order valence-corrected chi connectivity index (χ0v) is 9.86. The van der Waals surface area contributed by atoms with Crippen molar-refractivity contribution < 1.29 is 0 Å². The van der Waals surface area contributed by atoms with Gasteiger partial charge in [-0.15, -0.1) is 0 Å². The highest BCUT2D eigenvalue weighted by molar-refractivity contribution is 5.81. The van der Waals surface area contributed by atoms with E-state index in [-0.39, 0.29) is 0 Å². The molecule has 1 aromatic carbocycles. The minimum Gasteiger partial charge on any atom is -0.342 e. The summed E-state index contributed by atoms with van der Waals surface area (Å²) < 4.78 is 0. The van der Waals surface area contributed by atoms with E-state index >= 15 is 0 Å². The summed E-state index contributed by atoms with van der Waals surface area (Å²) in [6.45, 7) is 1.93. The Kier molecular flexibility index (Phi) is 2.34. The summed E-state index contributed by atoms with van der Waals surface area (Å²) in [4.78, 5) is 14.9. The third kappa shape index (κ3) is 1.74. The van der Waals surface area contributed by atoms with Crippen LogP contribution >= 0.6 is 0 Å². The van der Waals surface area contributed by atoms with E-state index in [1.54, 1.807) is 6.20 Å². The zero-order chi connectivity index (χ0) is 12.5. The summed E-state index contributed by atoms with van der Waals surface area (Å²) in [6, 6.07) is 8.06. The maximum absolute atomic E-state index is 8.62. The van der Waals surface area contributed by atoms with E-state index in [9.17, 15) is 0 Å². The predicted octanol–water partition coefficient (Wildman–Crippen LogP) is 2.33. The molecule has 0 radical (unpaired) electrons. The highest BCUT2D eigenvalue weighted by atomic mass is 14.9. The molecule has 5 nitrogen and oxygen atoms in total. The molecule has 3 aromatic rings. The van der Waals surface area contributed by atoms with Crippen LogP contribution in [0.4, 0.5) is 0 Å². The molecule has 0 bridgehead atoms. The summed E-state index contributed by atoms with van der Waals surface area (Å²) in [5.74, 6) is 1.59. The van der Waals surface area contributed by atoms with Gasteiger partial charge in [0, 0.05) is 5.56 Å². The molecule has 0 aliphatic heterocycles. The molecule has 2 N–H and O–H groups in total. The van der Waals surface area contributed by atoms with Gasteiger partial charge in [0.25, 0.3) is 0 Å². The number of aromatic amines is 2. The molecule has 3 rings (SSSR count). The second-order valence-corrected chi connectivity index (χ2v) is 4.13. The predicted molar refractivity (Wildman–Crippen MR) is 67.7 cm³/mol. The summed E-state index contributed by atoms with van der Waals surface area (Å²) in [7, 11) is 0. The number of hydrogen-bond donors (Lipinski definition) is 2. The Labute approximate surface area is 104 Å². The van der Waals surface area contributed by atoms with Crippen molar-refractivity contribution in [3.8, 4) is 17.3 Å². The van der Waals surface area contributed by atoms with E-state index < -0.39 is 0 Å². The van der Waals surface area contributed by atoms with E-state index in [4.69, 9.17) is 5.26 Å². The van der Waals surface area contributed by atoms with Gasteiger partial charge in [0.2, 0.25) is 0 Å². The molecule has 2 heterocycles. The van der Waals surface area contributed by atoms with Crippen molar-refractivity contribution in [2.45, 2.75) is 13.3 Å². The van der Waals surface area contributed by atoms with E-state index in [2.05, 4.69) is 26.0 Å². The first-order valence-electron chi connectivity index (χ1n) is 5.64. The van der Waals surface area contributed by atoms with E-state index in [0.717, 1.165) is 28.1 Å². The second kappa shape index (κ2) is 4.00. The zero-order valence-electron chi connectivity index (χ0n) is 9.86. The number of hydrogen-bond acceptors (Lipinski definition) is 3. The lowest BCUT2D eigenvalue weighted by Gasteiger charge is -1.97. The van der Waals surface area contributed by atoms with Gasteiger partial charge in [-0.1, -0.05) is 6.07 Å². The Balaban J connectivity index is 2.04. The van der Waals surface area contributed by atoms with Crippen LogP contribution in [0.15, 0.2) is 24.4 Å². The van der Waals surface area contributed by atoms with Crippen LogP contribution in [0.5, 0.6) is 0 Å². The van der Waals surface area contributed by atoms with Gasteiger partial charge in [0.15, 0.2) is 0 Å². The first kappa shape index (κ1) is 10.5. The number of nitriles is 1. The Bertz CT molecular complexity index is 744. The Morgan fingerprint density at radius 2 is 2.22 bits per heavy atom. The topological polar surface area (TPSA) is 81.2 Å². The Morgan fingerprint density at radius 3 is 3.06 bits per heavy atom. The van der Waals surface area contributed by atoms with Crippen molar-refractivity contribution in [2.24, 2.45) is 0 Å². The standard InChI is InChI=1S/C13H11N5/c1-8-16-10-3-2-9(6-11(10)17-8)12-7-15-13(18-12)4-5-14/h2-3,6-7H,4H2,1H3,(H,15,18)(H,16,17). The lowest BCUT2D eigenvalue weighted by Crippen LogP contribution is -1.84. The lowest BCUT2D eigenvalue weighted by atomic mass is 10.1. The van der Waals surface area contributed by atoms with E-state index in [1.807, 2.05) is 25.1 Å². The minimum absolute atomic E-state index is 0.297.